The van der Waals surface area contributed by atoms with Crippen molar-refractivity contribution in [2.75, 3.05) is 18.6 Å². The van der Waals surface area contributed by atoms with E-state index in [9.17, 15) is 9.18 Å². The molecule has 0 saturated carbocycles. The van der Waals surface area contributed by atoms with Gasteiger partial charge in [-0.2, -0.15) is 9.49 Å². The van der Waals surface area contributed by atoms with Crippen LogP contribution in [0.25, 0.3) is 16.8 Å². The first-order valence-electron chi connectivity index (χ1n) is 9.31. The van der Waals surface area contributed by atoms with Crippen molar-refractivity contribution in [1.82, 2.24) is 24.6 Å². The quantitative estimate of drug-likeness (QED) is 0.461. The van der Waals surface area contributed by atoms with E-state index in [4.69, 9.17) is 11.6 Å². The molecule has 0 atom stereocenters. The number of para-hydroxylation sites is 1. The molecule has 1 amide bonds. The molecule has 5 rings (SSSR count). The summed E-state index contributed by atoms with van der Waals surface area (Å²) in [6, 6.07) is 10.6. The summed E-state index contributed by atoms with van der Waals surface area (Å²) in [6.07, 6.45) is 5.22. The number of aromatic nitrogens is 4. The number of nitrogens with zero attached hydrogens (tertiary/aromatic N) is 6. The second kappa shape index (κ2) is 7.07. The lowest BCUT2D eigenvalue weighted by Gasteiger charge is -2.39. The fraction of sp³-hybridized carbons (Fsp3) is 0.143. The molecule has 0 saturated heterocycles. The molecule has 7 nitrogen and oxygen atoms in total. The number of hydrogen-bond acceptors (Lipinski definition) is 5. The van der Waals surface area contributed by atoms with Gasteiger partial charge in [0, 0.05) is 43.7 Å². The summed E-state index contributed by atoms with van der Waals surface area (Å²) in [5.41, 5.74) is 4.28. The molecular formula is C21H16ClFN6O. The first kappa shape index (κ1) is 18.5. The van der Waals surface area contributed by atoms with Crippen LogP contribution in [0.1, 0.15) is 16.1 Å². The number of pyridine rings is 1. The van der Waals surface area contributed by atoms with Gasteiger partial charge >= 0.3 is 0 Å². The third-order valence-electron chi connectivity index (χ3n) is 5.17. The molecule has 9 heteroatoms. The van der Waals surface area contributed by atoms with Crippen molar-refractivity contribution >= 4 is 28.8 Å². The molecule has 0 fully saturated rings. The molecule has 0 bridgehead atoms. The van der Waals surface area contributed by atoms with E-state index in [0.29, 0.717) is 29.2 Å². The van der Waals surface area contributed by atoms with E-state index < -0.39 is 5.95 Å². The predicted octanol–water partition coefficient (Wildman–Crippen LogP) is 3.63. The highest BCUT2D eigenvalue weighted by molar-refractivity contribution is 6.30. The van der Waals surface area contributed by atoms with Crippen LogP contribution in [0, 0.1) is 5.95 Å². The third kappa shape index (κ3) is 3.05. The van der Waals surface area contributed by atoms with Crippen molar-refractivity contribution in [3.8, 4) is 11.1 Å². The van der Waals surface area contributed by atoms with E-state index in [-0.39, 0.29) is 11.6 Å². The van der Waals surface area contributed by atoms with Crippen molar-refractivity contribution in [1.29, 1.82) is 0 Å². The molecule has 0 aliphatic carbocycles. The molecule has 150 valence electrons. The maximum Gasteiger partial charge on any atom is 0.292 e. The fourth-order valence-corrected chi connectivity index (χ4v) is 3.94. The first-order chi connectivity index (χ1) is 14.5. The molecule has 0 spiro atoms. The Balaban J connectivity index is 1.54. The smallest absolute Gasteiger partial charge is 0.285 e. The van der Waals surface area contributed by atoms with Crippen molar-refractivity contribution < 1.29 is 9.18 Å². The lowest BCUT2D eigenvalue weighted by molar-refractivity contribution is 0.0732. The largest absolute Gasteiger partial charge is 0.292 e. The van der Waals surface area contributed by atoms with E-state index in [0.717, 1.165) is 16.8 Å². The van der Waals surface area contributed by atoms with Gasteiger partial charge in [0.1, 0.15) is 0 Å². The van der Waals surface area contributed by atoms with Gasteiger partial charge in [-0.15, -0.1) is 0 Å². The Morgan fingerprint density at radius 1 is 1.20 bits per heavy atom. The van der Waals surface area contributed by atoms with Gasteiger partial charge in [0.05, 0.1) is 16.9 Å². The van der Waals surface area contributed by atoms with E-state index in [2.05, 4.69) is 15.1 Å². The van der Waals surface area contributed by atoms with Crippen molar-refractivity contribution in [3.05, 3.63) is 77.2 Å². The van der Waals surface area contributed by atoms with Gasteiger partial charge in [0.2, 0.25) is 5.95 Å². The van der Waals surface area contributed by atoms with Gasteiger partial charge in [0.25, 0.3) is 5.91 Å². The van der Waals surface area contributed by atoms with Crippen LogP contribution in [0.15, 0.2) is 55.0 Å². The minimum atomic E-state index is -0.549. The van der Waals surface area contributed by atoms with Gasteiger partial charge in [-0.3, -0.25) is 9.80 Å². The Labute approximate surface area is 176 Å². The number of benzene rings is 1. The maximum absolute atomic E-state index is 13.7. The molecule has 30 heavy (non-hydrogen) atoms. The van der Waals surface area contributed by atoms with E-state index >= 15 is 0 Å². The van der Waals surface area contributed by atoms with Crippen LogP contribution >= 0.6 is 11.6 Å². The van der Waals surface area contributed by atoms with Gasteiger partial charge in [0.15, 0.2) is 11.3 Å². The Kier molecular flexibility index (Phi) is 4.36. The summed E-state index contributed by atoms with van der Waals surface area (Å²) >= 11 is 5.96. The number of rotatable bonds is 2. The lowest BCUT2D eigenvalue weighted by Crippen LogP contribution is -2.48. The average molecular weight is 423 g/mol. The molecule has 3 aromatic heterocycles. The van der Waals surface area contributed by atoms with Gasteiger partial charge in [-0.05, 0) is 23.6 Å². The molecule has 4 aromatic rings. The standard InChI is InChI=1S/C21H16ClFN6O/c1-27-20-13(3-2-4-16(20)14-5-7-24-18(23)9-14)6-8-29(27)21(30)17-10-19-25-11-15(22)12-28(19)26-17/h2-5,7,9-12H,6,8H2,1H3. The fourth-order valence-electron chi connectivity index (χ4n) is 3.80. The van der Waals surface area contributed by atoms with Crippen LogP contribution < -0.4 is 5.01 Å². The zero-order chi connectivity index (χ0) is 20.8. The predicted molar refractivity (Wildman–Crippen MR) is 111 cm³/mol. The highest BCUT2D eigenvalue weighted by atomic mass is 35.5. The van der Waals surface area contributed by atoms with E-state index in [1.807, 2.05) is 25.2 Å². The number of fused-ring (bicyclic) bond motifs is 2. The monoisotopic (exact) mass is 422 g/mol. The summed E-state index contributed by atoms with van der Waals surface area (Å²) in [6.45, 7) is 0.499. The topological polar surface area (TPSA) is 66.6 Å². The average Bonchev–Trinajstić information content (AvgIpc) is 3.16. The van der Waals surface area contributed by atoms with Gasteiger partial charge in [-0.25, -0.2) is 19.5 Å². The number of hydrazine groups is 1. The minimum absolute atomic E-state index is 0.250. The van der Waals surface area contributed by atoms with Crippen LogP contribution in [-0.4, -0.2) is 44.1 Å². The molecule has 1 aromatic carbocycles. The number of carbonyl (C=O) groups is 1. The van der Waals surface area contributed by atoms with Crippen molar-refractivity contribution in [2.24, 2.45) is 0 Å². The van der Waals surface area contributed by atoms with Crippen molar-refractivity contribution in [3.63, 3.8) is 0 Å². The number of amides is 1. The molecule has 0 radical (unpaired) electrons. The first-order valence-corrected chi connectivity index (χ1v) is 9.69. The van der Waals surface area contributed by atoms with E-state index in [1.165, 1.54) is 23.0 Å². The van der Waals surface area contributed by atoms with Crippen molar-refractivity contribution in [2.45, 2.75) is 6.42 Å². The third-order valence-corrected chi connectivity index (χ3v) is 5.37. The van der Waals surface area contributed by atoms with Crippen LogP contribution in [-0.2, 0) is 6.42 Å². The van der Waals surface area contributed by atoms with Crippen LogP contribution in [0.4, 0.5) is 10.1 Å². The molecule has 1 aliphatic rings. The Morgan fingerprint density at radius 2 is 2.07 bits per heavy atom. The second-order valence-corrected chi connectivity index (χ2v) is 7.42. The Morgan fingerprint density at radius 3 is 2.90 bits per heavy atom. The number of hydrogen-bond donors (Lipinski definition) is 0. The molecular weight excluding hydrogens is 407 g/mol. The summed E-state index contributed by atoms with van der Waals surface area (Å²) in [4.78, 5) is 21.1. The summed E-state index contributed by atoms with van der Waals surface area (Å²) in [5, 5.41) is 8.19. The maximum atomic E-state index is 13.7. The normalized spacial score (nSPS) is 13.6. The Bertz CT molecular complexity index is 1290. The van der Waals surface area contributed by atoms with E-state index in [1.54, 1.807) is 28.3 Å². The van der Waals surface area contributed by atoms with Crippen LogP contribution in [0.5, 0.6) is 0 Å². The summed E-state index contributed by atoms with van der Waals surface area (Å²) < 4.78 is 15.2. The van der Waals surface area contributed by atoms with Crippen LogP contribution in [0.2, 0.25) is 5.02 Å². The zero-order valence-corrected chi connectivity index (χ0v) is 16.7. The number of halogens is 2. The van der Waals surface area contributed by atoms with Gasteiger partial charge in [-0.1, -0.05) is 29.8 Å². The Hall–Kier alpha value is -3.52. The highest BCUT2D eigenvalue weighted by Gasteiger charge is 2.30. The molecule has 0 N–H and O–H groups in total. The lowest BCUT2D eigenvalue weighted by atomic mass is 9.97. The zero-order valence-electron chi connectivity index (χ0n) is 16.0. The molecule has 4 heterocycles. The molecule has 1 aliphatic heterocycles. The summed E-state index contributed by atoms with van der Waals surface area (Å²) in [7, 11) is 1.82. The molecule has 0 unspecified atom stereocenters. The number of anilines is 1. The second-order valence-electron chi connectivity index (χ2n) is 6.99. The number of carbonyl (C=O) groups excluding carboxylic acids is 1. The SMILES string of the molecule is CN1c2c(cccc2-c2ccnc(F)c2)CCN1C(=O)c1cc2ncc(Cl)cn2n1. The van der Waals surface area contributed by atoms with Gasteiger partial charge < -0.3 is 0 Å². The highest BCUT2D eigenvalue weighted by Crippen LogP contribution is 2.37. The minimum Gasteiger partial charge on any atom is -0.285 e. The van der Waals surface area contributed by atoms with Crippen LogP contribution in [0.3, 0.4) is 0 Å². The summed E-state index contributed by atoms with van der Waals surface area (Å²) in [5.74, 6) is -0.798.